The van der Waals surface area contributed by atoms with Gasteiger partial charge in [-0.15, -0.1) is 0 Å². The highest BCUT2D eigenvalue weighted by atomic mass is 16.3. The third-order valence-electron chi connectivity index (χ3n) is 6.07. The van der Waals surface area contributed by atoms with Gasteiger partial charge in [0.1, 0.15) is 0 Å². The lowest BCUT2D eigenvalue weighted by Crippen LogP contribution is -2.08. The SMILES string of the molecule is O=C1C(=Cc2ccc(N(c3ccccc3)c3ccco3)cc2)C(=O)c2cc3ccccc3cc21. The van der Waals surface area contributed by atoms with E-state index in [9.17, 15) is 9.59 Å². The fourth-order valence-corrected chi connectivity index (χ4v) is 4.40. The standard InChI is InChI=1S/C30H19NO3/c32-29-25-18-21-7-4-5-8-22(21)19-26(25)30(33)27(29)17-20-12-14-24(15-13-20)31(28-11-6-16-34-28)23-9-2-1-3-10-23/h1-19H. The van der Waals surface area contributed by atoms with Crippen LogP contribution in [0.2, 0.25) is 0 Å². The van der Waals surface area contributed by atoms with Crippen molar-refractivity contribution >= 4 is 45.7 Å². The van der Waals surface area contributed by atoms with Crippen molar-refractivity contribution in [2.75, 3.05) is 4.90 Å². The van der Waals surface area contributed by atoms with Gasteiger partial charge in [0.15, 0.2) is 11.6 Å². The van der Waals surface area contributed by atoms with Gasteiger partial charge in [0.25, 0.3) is 0 Å². The molecule has 4 heteroatoms. The molecule has 4 nitrogen and oxygen atoms in total. The average Bonchev–Trinajstić information content (AvgIpc) is 3.48. The van der Waals surface area contributed by atoms with Gasteiger partial charge in [0.2, 0.25) is 5.88 Å². The lowest BCUT2D eigenvalue weighted by atomic mass is 10.0. The van der Waals surface area contributed by atoms with Crippen LogP contribution in [0.25, 0.3) is 16.8 Å². The third-order valence-corrected chi connectivity index (χ3v) is 6.07. The Balaban J connectivity index is 1.35. The molecule has 1 heterocycles. The van der Waals surface area contributed by atoms with E-state index in [1.165, 1.54) is 0 Å². The van der Waals surface area contributed by atoms with Gasteiger partial charge in [0, 0.05) is 28.6 Å². The van der Waals surface area contributed by atoms with E-state index in [1.54, 1.807) is 12.3 Å². The van der Waals surface area contributed by atoms with Gasteiger partial charge >= 0.3 is 0 Å². The summed E-state index contributed by atoms with van der Waals surface area (Å²) in [5.74, 6) is 0.244. The van der Waals surface area contributed by atoms with E-state index in [-0.39, 0.29) is 17.1 Å². The number of anilines is 3. The zero-order valence-electron chi connectivity index (χ0n) is 18.1. The summed E-state index contributed by atoms with van der Waals surface area (Å²) < 4.78 is 5.66. The van der Waals surface area contributed by atoms with Gasteiger partial charge < -0.3 is 4.42 Å². The Hall–Kier alpha value is -4.70. The number of rotatable bonds is 4. The first kappa shape index (κ1) is 19.9. The van der Waals surface area contributed by atoms with Crippen LogP contribution in [0.1, 0.15) is 26.3 Å². The second-order valence-corrected chi connectivity index (χ2v) is 8.17. The van der Waals surface area contributed by atoms with Crippen molar-refractivity contribution in [1.82, 2.24) is 0 Å². The van der Waals surface area contributed by atoms with Crippen LogP contribution in [-0.4, -0.2) is 11.6 Å². The maximum absolute atomic E-state index is 13.1. The Kier molecular flexibility index (Phi) is 4.70. The van der Waals surface area contributed by atoms with E-state index in [2.05, 4.69) is 0 Å². The van der Waals surface area contributed by atoms with Crippen LogP contribution >= 0.6 is 0 Å². The number of allylic oxidation sites excluding steroid dienone is 1. The molecule has 0 spiro atoms. The van der Waals surface area contributed by atoms with Crippen LogP contribution in [0.15, 0.2) is 119 Å². The van der Waals surface area contributed by atoms with Crippen LogP contribution in [0.4, 0.5) is 17.3 Å². The number of ketones is 2. The number of carbonyl (C=O) groups excluding carboxylic acids is 2. The molecule has 0 atom stereocenters. The van der Waals surface area contributed by atoms with E-state index in [0.29, 0.717) is 17.0 Å². The number of para-hydroxylation sites is 1. The van der Waals surface area contributed by atoms with Gasteiger partial charge in [-0.05, 0) is 64.9 Å². The number of hydrogen-bond donors (Lipinski definition) is 0. The number of furan rings is 1. The summed E-state index contributed by atoms with van der Waals surface area (Å²) in [6.45, 7) is 0. The van der Waals surface area contributed by atoms with Gasteiger partial charge in [-0.1, -0.05) is 54.6 Å². The van der Waals surface area contributed by atoms with E-state index in [1.807, 2.05) is 108 Å². The average molecular weight is 441 g/mol. The second-order valence-electron chi connectivity index (χ2n) is 8.17. The first-order valence-corrected chi connectivity index (χ1v) is 11.0. The van der Waals surface area contributed by atoms with E-state index < -0.39 is 0 Å². The molecule has 0 N–H and O–H groups in total. The van der Waals surface area contributed by atoms with E-state index in [4.69, 9.17) is 4.42 Å². The van der Waals surface area contributed by atoms with Crippen molar-refractivity contribution in [1.29, 1.82) is 0 Å². The molecule has 1 aliphatic carbocycles. The van der Waals surface area contributed by atoms with Gasteiger partial charge in [-0.2, -0.15) is 0 Å². The van der Waals surface area contributed by atoms with Crippen molar-refractivity contribution < 1.29 is 14.0 Å². The normalized spacial score (nSPS) is 12.8. The molecular formula is C30H19NO3. The van der Waals surface area contributed by atoms with Crippen molar-refractivity contribution in [2.24, 2.45) is 0 Å². The molecule has 0 bridgehead atoms. The number of benzene rings is 4. The molecular weight excluding hydrogens is 422 g/mol. The number of hydrogen-bond acceptors (Lipinski definition) is 4. The Morgan fingerprint density at radius 3 is 1.79 bits per heavy atom. The van der Waals surface area contributed by atoms with Crippen LogP contribution in [0.3, 0.4) is 0 Å². The number of nitrogens with zero attached hydrogens (tertiary/aromatic N) is 1. The van der Waals surface area contributed by atoms with Crippen molar-refractivity contribution in [2.45, 2.75) is 0 Å². The topological polar surface area (TPSA) is 50.5 Å². The summed E-state index contributed by atoms with van der Waals surface area (Å²) in [5, 5.41) is 1.90. The molecule has 1 aliphatic rings. The summed E-state index contributed by atoms with van der Waals surface area (Å²) in [5.41, 5.74) is 3.79. The lowest BCUT2D eigenvalue weighted by molar-refractivity contribution is 0.0990. The predicted octanol–water partition coefficient (Wildman–Crippen LogP) is 7.37. The molecule has 1 aromatic heterocycles. The van der Waals surface area contributed by atoms with Crippen LogP contribution in [-0.2, 0) is 0 Å². The molecule has 6 rings (SSSR count). The van der Waals surface area contributed by atoms with Gasteiger partial charge in [0.05, 0.1) is 11.8 Å². The zero-order valence-corrected chi connectivity index (χ0v) is 18.1. The Bertz CT molecular complexity index is 1510. The summed E-state index contributed by atoms with van der Waals surface area (Å²) in [6, 6.07) is 32.8. The first-order valence-electron chi connectivity index (χ1n) is 11.0. The van der Waals surface area contributed by atoms with Crippen molar-refractivity contribution in [3.05, 3.63) is 132 Å². The fourth-order valence-electron chi connectivity index (χ4n) is 4.40. The highest BCUT2D eigenvalue weighted by Crippen LogP contribution is 2.35. The molecule has 5 aromatic rings. The second kappa shape index (κ2) is 8.01. The quantitative estimate of drug-likeness (QED) is 0.216. The predicted molar refractivity (Wildman–Crippen MR) is 134 cm³/mol. The zero-order chi connectivity index (χ0) is 23.1. The molecule has 0 aliphatic heterocycles. The van der Waals surface area contributed by atoms with Gasteiger partial charge in [-0.25, -0.2) is 0 Å². The molecule has 4 aromatic carbocycles. The molecule has 0 unspecified atom stereocenters. The smallest absolute Gasteiger partial charge is 0.204 e. The molecule has 162 valence electrons. The number of Topliss-reactive ketones (excluding diaryl/α,β-unsaturated/α-hetero) is 2. The number of fused-ring (bicyclic) bond motifs is 2. The Morgan fingerprint density at radius 2 is 1.21 bits per heavy atom. The largest absolute Gasteiger partial charge is 0.448 e. The Morgan fingerprint density at radius 1 is 0.618 bits per heavy atom. The van der Waals surface area contributed by atoms with Crippen LogP contribution < -0.4 is 4.90 Å². The highest BCUT2D eigenvalue weighted by Gasteiger charge is 2.33. The first-order chi connectivity index (χ1) is 16.7. The maximum atomic E-state index is 13.1. The summed E-state index contributed by atoms with van der Waals surface area (Å²) in [7, 11) is 0. The molecule has 34 heavy (non-hydrogen) atoms. The highest BCUT2D eigenvalue weighted by molar-refractivity contribution is 6.42. The molecule has 0 saturated carbocycles. The summed E-state index contributed by atoms with van der Waals surface area (Å²) in [4.78, 5) is 28.1. The van der Waals surface area contributed by atoms with Crippen molar-refractivity contribution in [3.8, 4) is 0 Å². The van der Waals surface area contributed by atoms with Crippen molar-refractivity contribution in [3.63, 3.8) is 0 Å². The van der Waals surface area contributed by atoms with Gasteiger partial charge in [-0.3, -0.25) is 14.5 Å². The monoisotopic (exact) mass is 441 g/mol. The summed E-state index contributed by atoms with van der Waals surface area (Å²) in [6.07, 6.45) is 3.32. The minimum atomic E-state index is -0.226. The van der Waals surface area contributed by atoms with E-state index >= 15 is 0 Å². The van der Waals surface area contributed by atoms with E-state index in [0.717, 1.165) is 27.7 Å². The molecule has 0 saturated heterocycles. The minimum Gasteiger partial charge on any atom is -0.448 e. The van der Waals surface area contributed by atoms with Crippen LogP contribution in [0.5, 0.6) is 0 Å². The maximum Gasteiger partial charge on any atom is 0.204 e. The summed E-state index contributed by atoms with van der Waals surface area (Å²) >= 11 is 0. The number of carbonyl (C=O) groups is 2. The fraction of sp³-hybridized carbons (Fsp3) is 0. The molecule has 0 amide bonds. The third kappa shape index (κ3) is 3.33. The minimum absolute atomic E-state index is 0.198. The van der Waals surface area contributed by atoms with Crippen LogP contribution in [0, 0.1) is 0 Å². The Labute approximate surface area is 196 Å². The molecule has 0 radical (unpaired) electrons. The lowest BCUT2D eigenvalue weighted by Gasteiger charge is -2.22. The molecule has 0 fully saturated rings.